The Bertz CT molecular complexity index is 206. The van der Waals surface area contributed by atoms with Gasteiger partial charge < -0.3 is 0 Å². The number of rotatable bonds is 8. The van der Waals surface area contributed by atoms with Crippen LogP contribution in [-0.2, 0) is 0 Å². The van der Waals surface area contributed by atoms with Gasteiger partial charge in [0, 0.05) is 0 Å². The van der Waals surface area contributed by atoms with Gasteiger partial charge in [0.1, 0.15) is 0 Å². The van der Waals surface area contributed by atoms with Crippen molar-refractivity contribution in [1.82, 2.24) is 0 Å². The Morgan fingerprint density at radius 1 is 0.520 bits per heavy atom. The number of hydrogen-bond acceptors (Lipinski definition) is 0. The van der Waals surface area contributed by atoms with Crippen LogP contribution in [0.1, 0.15) is 113 Å². The molecule has 0 rings (SSSR count). The molecule has 0 fully saturated rings. The molecule has 0 bridgehead atoms. The molecular formula is C25H52. The third kappa shape index (κ3) is 126. The van der Waals surface area contributed by atoms with Crippen LogP contribution >= 0.6 is 0 Å². The van der Waals surface area contributed by atoms with Gasteiger partial charge in [-0.05, 0) is 13.8 Å². The highest BCUT2D eigenvalue weighted by atomic mass is 13.8. The molecule has 0 atom stereocenters. The average molecular weight is 353 g/mol. The number of unbranched alkanes of at least 4 members (excludes halogenated alkanes) is 6. The van der Waals surface area contributed by atoms with E-state index in [4.69, 9.17) is 0 Å². The van der Waals surface area contributed by atoms with Crippen molar-refractivity contribution >= 4 is 0 Å². The van der Waals surface area contributed by atoms with Gasteiger partial charge in [0.25, 0.3) is 0 Å². The summed E-state index contributed by atoms with van der Waals surface area (Å²) in [5, 5.41) is 0. The Balaban J connectivity index is -0.0000000667. The molecule has 0 aliphatic heterocycles. The van der Waals surface area contributed by atoms with Crippen molar-refractivity contribution in [2.24, 2.45) is 0 Å². The normalized spacial score (nSPS) is 7.68. The molecule has 0 spiro atoms. The maximum Gasteiger partial charge on any atom is -0.0404 e. The summed E-state index contributed by atoms with van der Waals surface area (Å²) in [5.41, 5.74) is 2.04. The topological polar surface area (TPSA) is 0 Å². The van der Waals surface area contributed by atoms with E-state index in [1.807, 2.05) is 13.8 Å². The Morgan fingerprint density at radius 3 is 0.640 bits per heavy atom. The average Bonchev–Trinajstić information content (AvgIpc) is 2.59. The van der Waals surface area contributed by atoms with Gasteiger partial charge in [-0.2, -0.15) is 0 Å². The third-order valence-electron chi connectivity index (χ3n) is 2.82. The van der Waals surface area contributed by atoms with E-state index in [0.29, 0.717) is 0 Å². The lowest BCUT2D eigenvalue weighted by atomic mass is 10.3. The summed E-state index contributed by atoms with van der Waals surface area (Å²) in [7, 11) is 0. The second kappa shape index (κ2) is 43.5. The van der Waals surface area contributed by atoms with Crippen LogP contribution in [0.5, 0.6) is 0 Å². The summed E-state index contributed by atoms with van der Waals surface area (Å²) in [6.45, 7) is 31.1. The van der Waals surface area contributed by atoms with Gasteiger partial charge in [-0.3, -0.25) is 0 Å². The Kier molecular flexibility index (Phi) is 61.1. The smallest absolute Gasteiger partial charge is 0.0404 e. The zero-order chi connectivity index (χ0) is 20.9. The number of allylic oxidation sites excluding steroid dienone is 4. The van der Waals surface area contributed by atoms with E-state index >= 15 is 0 Å². The molecule has 0 nitrogen and oxygen atoms in total. The molecule has 0 unspecified atom stereocenters. The van der Waals surface area contributed by atoms with Gasteiger partial charge in [0.2, 0.25) is 0 Å². The molecule has 0 aliphatic carbocycles. The summed E-state index contributed by atoms with van der Waals surface area (Å²) in [5.74, 6) is 0. The lowest BCUT2D eigenvalue weighted by Gasteiger charge is -1.79. The predicted molar refractivity (Wildman–Crippen MR) is 126 cm³/mol. The van der Waals surface area contributed by atoms with Gasteiger partial charge in [-0.15, -0.1) is 0 Å². The van der Waals surface area contributed by atoms with Crippen molar-refractivity contribution in [2.75, 3.05) is 0 Å². The summed E-state index contributed by atoms with van der Waals surface area (Å²) in [4.78, 5) is 0. The quantitative estimate of drug-likeness (QED) is 0.381. The van der Waals surface area contributed by atoms with E-state index < -0.39 is 0 Å². The standard InChI is InChI=1S/2C5H8.3C5H12/c2*1-4-5(2)3;3*1-3-5-4-2/h2*4H,1-2H2,3H3;3*3-5H2,1-2H3. The Hall–Kier alpha value is -1.04. The first-order chi connectivity index (χ1) is 11.8. The highest BCUT2D eigenvalue weighted by molar-refractivity contribution is 5.06. The minimum Gasteiger partial charge on any atom is -0.0988 e. The minimum absolute atomic E-state index is 1.02. The third-order valence-corrected chi connectivity index (χ3v) is 2.82. The van der Waals surface area contributed by atoms with Gasteiger partial charge in [-0.25, -0.2) is 0 Å². The van der Waals surface area contributed by atoms with Crippen LogP contribution in [0, 0.1) is 0 Å². The second-order valence-corrected chi connectivity index (χ2v) is 6.16. The van der Waals surface area contributed by atoms with Crippen molar-refractivity contribution in [3.8, 4) is 0 Å². The molecule has 0 amide bonds. The van der Waals surface area contributed by atoms with Crippen LogP contribution in [0.4, 0.5) is 0 Å². The molecule has 0 aromatic heterocycles. The summed E-state index contributed by atoms with van der Waals surface area (Å²) >= 11 is 0. The molecule has 0 aromatic carbocycles. The minimum atomic E-state index is 1.02. The van der Waals surface area contributed by atoms with E-state index in [1.54, 1.807) is 12.2 Å². The van der Waals surface area contributed by atoms with Crippen molar-refractivity contribution in [1.29, 1.82) is 0 Å². The molecule has 0 heterocycles. The van der Waals surface area contributed by atoms with Gasteiger partial charge in [0.15, 0.2) is 0 Å². The Labute approximate surface area is 163 Å². The molecule has 0 aromatic rings. The second-order valence-electron chi connectivity index (χ2n) is 6.16. The fourth-order valence-corrected chi connectivity index (χ4v) is 1.06. The maximum absolute atomic E-state index is 3.56. The lowest BCUT2D eigenvalue weighted by molar-refractivity contribution is 0.772. The maximum atomic E-state index is 3.56. The largest absolute Gasteiger partial charge is 0.0988 e. The fraction of sp³-hybridized carbons (Fsp3) is 0.680. The van der Waals surface area contributed by atoms with Crippen molar-refractivity contribution < 1.29 is 0 Å². The SMILES string of the molecule is C=CC(=C)C.C=CC(=C)C.CCCCC.CCCCC.CCCCC. The van der Waals surface area contributed by atoms with Crippen LogP contribution in [0.25, 0.3) is 0 Å². The molecule has 0 heteroatoms. The van der Waals surface area contributed by atoms with Crippen molar-refractivity contribution in [2.45, 2.75) is 113 Å². The van der Waals surface area contributed by atoms with Crippen LogP contribution in [0.3, 0.4) is 0 Å². The first-order valence-corrected chi connectivity index (χ1v) is 10.3. The van der Waals surface area contributed by atoms with Crippen molar-refractivity contribution in [3.05, 3.63) is 49.6 Å². The van der Waals surface area contributed by atoms with Crippen LogP contribution in [0.15, 0.2) is 49.6 Å². The van der Waals surface area contributed by atoms with Gasteiger partial charge in [-0.1, -0.05) is 149 Å². The van der Waals surface area contributed by atoms with Gasteiger partial charge >= 0.3 is 0 Å². The molecule has 0 saturated heterocycles. The van der Waals surface area contributed by atoms with E-state index in [-0.39, 0.29) is 0 Å². The van der Waals surface area contributed by atoms with Crippen LogP contribution in [0.2, 0.25) is 0 Å². The van der Waals surface area contributed by atoms with E-state index in [1.165, 1.54) is 57.8 Å². The molecule has 25 heavy (non-hydrogen) atoms. The van der Waals surface area contributed by atoms with E-state index in [2.05, 4.69) is 67.9 Å². The highest BCUT2D eigenvalue weighted by Crippen LogP contribution is 1.89. The Morgan fingerprint density at radius 2 is 0.640 bits per heavy atom. The molecular weight excluding hydrogens is 300 g/mol. The fourth-order valence-electron chi connectivity index (χ4n) is 1.06. The molecule has 0 N–H and O–H groups in total. The molecule has 0 saturated carbocycles. The molecule has 0 radical (unpaired) electrons. The molecule has 152 valence electrons. The highest BCUT2D eigenvalue weighted by Gasteiger charge is 1.69. The monoisotopic (exact) mass is 352 g/mol. The molecule has 0 aliphatic rings. The van der Waals surface area contributed by atoms with Crippen molar-refractivity contribution in [3.63, 3.8) is 0 Å². The summed E-state index contributed by atoms with van der Waals surface area (Å²) in [6, 6.07) is 0. The van der Waals surface area contributed by atoms with Gasteiger partial charge in [0.05, 0.1) is 0 Å². The summed E-state index contributed by atoms with van der Waals surface area (Å²) in [6.07, 6.45) is 15.7. The summed E-state index contributed by atoms with van der Waals surface area (Å²) < 4.78 is 0. The van der Waals surface area contributed by atoms with E-state index in [0.717, 1.165) is 11.1 Å². The number of hydrogen-bond donors (Lipinski definition) is 0. The first-order valence-electron chi connectivity index (χ1n) is 10.3. The predicted octanol–water partition coefficient (Wildman–Crippen LogP) is 10.1. The zero-order valence-corrected chi connectivity index (χ0v) is 19.3. The van der Waals surface area contributed by atoms with E-state index in [9.17, 15) is 0 Å². The van der Waals surface area contributed by atoms with Crippen LogP contribution in [-0.4, -0.2) is 0 Å². The lowest BCUT2D eigenvalue weighted by Crippen LogP contribution is -1.59. The first kappa shape index (κ1) is 35.1. The zero-order valence-electron chi connectivity index (χ0n) is 19.3. The van der Waals surface area contributed by atoms with Crippen LogP contribution < -0.4 is 0 Å².